The Morgan fingerprint density at radius 2 is 1.96 bits per heavy atom. The van der Waals surface area contributed by atoms with Crippen LogP contribution in [0.3, 0.4) is 0 Å². The minimum atomic E-state index is -0.518. The van der Waals surface area contributed by atoms with Gasteiger partial charge in [0.05, 0.1) is 12.0 Å². The first kappa shape index (κ1) is 18.5. The number of fused-ring (bicyclic) bond motifs is 1. The number of esters is 1. The van der Waals surface area contributed by atoms with E-state index in [1.54, 1.807) is 6.07 Å². The maximum absolute atomic E-state index is 12.5. The molecule has 1 aliphatic rings. The number of hydrogen-bond donors (Lipinski definition) is 2. The minimum absolute atomic E-state index is 0.0524. The molecule has 3 rings (SSSR count). The molecule has 140 valence electrons. The summed E-state index contributed by atoms with van der Waals surface area (Å²) >= 11 is 0. The predicted octanol–water partition coefficient (Wildman–Crippen LogP) is 0.716. The van der Waals surface area contributed by atoms with Gasteiger partial charge in [-0.25, -0.2) is 4.79 Å². The molecule has 0 saturated carbocycles. The zero-order chi connectivity index (χ0) is 19.4. The SMILES string of the molecule is COC(=O)[C@H]1Cc2ccccc2C[NH+]1CC(=O)Nc1cccc([N+](=O)[O-])c1. The Labute approximate surface area is 155 Å². The molecule has 2 N–H and O–H groups in total. The number of nitro benzene ring substituents is 1. The van der Waals surface area contributed by atoms with Crippen LogP contribution in [0, 0.1) is 10.1 Å². The first-order valence-electron chi connectivity index (χ1n) is 8.51. The standard InChI is InChI=1S/C19H19N3O5/c1-27-19(24)17-9-13-5-2-3-6-14(13)11-21(17)12-18(23)20-15-7-4-8-16(10-15)22(25)26/h2-8,10,17H,9,11-12H2,1H3,(H,20,23)/p+1/t17-/m1/s1. The van der Waals surface area contributed by atoms with Gasteiger partial charge in [0.15, 0.2) is 12.6 Å². The number of carbonyl (C=O) groups is 2. The van der Waals surface area contributed by atoms with Crippen molar-refractivity contribution >= 4 is 23.3 Å². The molecule has 0 saturated heterocycles. The van der Waals surface area contributed by atoms with E-state index < -0.39 is 11.0 Å². The highest BCUT2D eigenvalue weighted by Gasteiger charge is 2.37. The van der Waals surface area contributed by atoms with Crippen LogP contribution in [0.25, 0.3) is 0 Å². The average molecular weight is 370 g/mol. The van der Waals surface area contributed by atoms with Crippen LogP contribution in [0.5, 0.6) is 0 Å². The summed E-state index contributed by atoms with van der Waals surface area (Å²) in [6.07, 6.45) is 0.502. The topological polar surface area (TPSA) is 103 Å². The molecule has 0 bridgehead atoms. The van der Waals surface area contributed by atoms with E-state index in [0.29, 0.717) is 18.7 Å². The fourth-order valence-corrected chi connectivity index (χ4v) is 3.35. The van der Waals surface area contributed by atoms with Crippen molar-refractivity contribution in [3.05, 3.63) is 69.8 Å². The van der Waals surface area contributed by atoms with Crippen molar-refractivity contribution in [3.63, 3.8) is 0 Å². The van der Waals surface area contributed by atoms with Gasteiger partial charge in [-0.2, -0.15) is 0 Å². The summed E-state index contributed by atoms with van der Waals surface area (Å²) in [5, 5.41) is 13.5. The number of nitro groups is 1. The Balaban J connectivity index is 1.74. The molecule has 0 spiro atoms. The molecule has 1 amide bonds. The van der Waals surface area contributed by atoms with Gasteiger partial charge in [-0.3, -0.25) is 14.9 Å². The quantitative estimate of drug-likeness (QED) is 0.459. The highest BCUT2D eigenvalue weighted by Crippen LogP contribution is 2.17. The highest BCUT2D eigenvalue weighted by atomic mass is 16.6. The van der Waals surface area contributed by atoms with Crippen molar-refractivity contribution in [2.45, 2.75) is 19.0 Å². The van der Waals surface area contributed by atoms with Crippen LogP contribution in [-0.2, 0) is 27.3 Å². The van der Waals surface area contributed by atoms with Crippen molar-refractivity contribution in [2.75, 3.05) is 19.0 Å². The summed E-state index contributed by atoms with van der Waals surface area (Å²) in [4.78, 5) is 35.8. The van der Waals surface area contributed by atoms with Gasteiger partial charge in [-0.1, -0.05) is 30.3 Å². The van der Waals surface area contributed by atoms with Crippen LogP contribution in [0.2, 0.25) is 0 Å². The van der Waals surface area contributed by atoms with Crippen LogP contribution in [0.4, 0.5) is 11.4 Å². The van der Waals surface area contributed by atoms with E-state index in [1.807, 2.05) is 24.3 Å². The van der Waals surface area contributed by atoms with Gasteiger partial charge in [-0.05, 0) is 11.6 Å². The molecular formula is C19H20N3O5+. The molecule has 0 fully saturated rings. The lowest BCUT2D eigenvalue weighted by molar-refractivity contribution is -0.924. The third-order valence-electron chi connectivity index (χ3n) is 4.67. The lowest BCUT2D eigenvalue weighted by atomic mass is 9.94. The molecule has 1 aliphatic heterocycles. The molecule has 0 aliphatic carbocycles. The summed E-state index contributed by atoms with van der Waals surface area (Å²) < 4.78 is 4.91. The van der Waals surface area contributed by atoms with E-state index in [4.69, 9.17) is 4.74 Å². The number of hydrogen-bond acceptors (Lipinski definition) is 5. The van der Waals surface area contributed by atoms with Gasteiger partial charge in [0, 0.05) is 29.8 Å². The third kappa shape index (κ3) is 4.29. The zero-order valence-electron chi connectivity index (χ0n) is 14.8. The number of non-ortho nitro benzene ring substituents is 1. The molecule has 2 atom stereocenters. The number of carbonyl (C=O) groups excluding carboxylic acids is 2. The van der Waals surface area contributed by atoms with Gasteiger partial charge >= 0.3 is 5.97 Å². The maximum Gasteiger partial charge on any atom is 0.365 e. The van der Waals surface area contributed by atoms with Crippen LogP contribution in [-0.4, -0.2) is 36.5 Å². The number of benzene rings is 2. The molecule has 1 heterocycles. The third-order valence-corrected chi connectivity index (χ3v) is 4.67. The van der Waals surface area contributed by atoms with E-state index in [1.165, 1.54) is 25.3 Å². The summed E-state index contributed by atoms with van der Waals surface area (Å²) in [6.45, 7) is 0.578. The Kier molecular flexibility index (Phi) is 5.46. The van der Waals surface area contributed by atoms with Gasteiger partial charge < -0.3 is 15.0 Å². The van der Waals surface area contributed by atoms with Crippen molar-refractivity contribution in [1.29, 1.82) is 0 Å². The van der Waals surface area contributed by atoms with Crippen LogP contribution in [0.15, 0.2) is 48.5 Å². The average Bonchev–Trinajstić information content (AvgIpc) is 2.67. The second-order valence-electron chi connectivity index (χ2n) is 6.42. The molecule has 0 aromatic heterocycles. The molecule has 8 nitrogen and oxygen atoms in total. The monoisotopic (exact) mass is 370 g/mol. The Morgan fingerprint density at radius 3 is 2.67 bits per heavy atom. The number of quaternary nitrogens is 1. The lowest BCUT2D eigenvalue weighted by Gasteiger charge is -2.31. The Hall–Kier alpha value is -3.26. The fraction of sp³-hybridized carbons (Fsp3) is 0.263. The van der Waals surface area contributed by atoms with Gasteiger partial charge in [-0.15, -0.1) is 0 Å². The van der Waals surface area contributed by atoms with Gasteiger partial charge in [0.1, 0.15) is 6.54 Å². The summed E-state index contributed by atoms with van der Waals surface area (Å²) in [7, 11) is 1.34. The first-order chi connectivity index (χ1) is 13.0. The first-order valence-corrected chi connectivity index (χ1v) is 8.51. The van der Waals surface area contributed by atoms with Crippen molar-refractivity contribution in [2.24, 2.45) is 0 Å². The van der Waals surface area contributed by atoms with Crippen molar-refractivity contribution in [3.8, 4) is 0 Å². The maximum atomic E-state index is 12.5. The predicted molar refractivity (Wildman–Crippen MR) is 97.2 cm³/mol. The summed E-state index contributed by atoms with van der Waals surface area (Å²) in [5.74, 6) is -0.679. The summed E-state index contributed by atoms with van der Waals surface area (Å²) in [6, 6.07) is 13.1. The van der Waals surface area contributed by atoms with Crippen molar-refractivity contribution in [1.82, 2.24) is 0 Å². The van der Waals surface area contributed by atoms with E-state index >= 15 is 0 Å². The number of rotatable bonds is 5. The number of anilines is 1. The zero-order valence-corrected chi connectivity index (χ0v) is 14.8. The second-order valence-corrected chi connectivity index (χ2v) is 6.42. The lowest BCUT2D eigenvalue weighted by Crippen LogP contribution is -3.17. The molecular weight excluding hydrogens is 350 g/mol. The molecule has 0 radical (unpaired) electrons. The number of methoxy groups -OCH3 is 1. The Bertz CT molecular complexity index is 883. The number of amides is 1. The van der Waals surface area contributed by atoms with Crippen LogP contribution in [0.1, 0.15) is 11.1 Å². The van der Waals surface area contributed by atoms with Gasteiger partial charge in [0.25, 0.3) is 11.6 Å². The number of ether oxygens (including phenoxy) is 1. The normalized spacial score (nSPS) is 18.3. The molecule has 2 aromatic rings. The smallest absolute Gasteiger partial charge is 0.365 e. The number of nitrogens with one attached hydrogen (secondary N) is 2. The second kappa shape index (κ2) is 7.96. The van der Waals surface area contributed by atoms with Gasteiger partial charge in [0.2, 0.25) is 0 Å². The van der Waals surface area contributed by atoms with E-state index in [2.05, 4.69) is 5.32 Å². The molecule has 27 heavy (non-hydrogen) atoms. The largest absolute Gasteiger partial charge is 0.465 e. The number of nitrogens with zero attached hydrogens (tertiary/aromatic N) is 1. The molecule has 2 aromatic carbocycles. The van der Waals surface area contributed by atoms with E-state index in [0.717, 1.165) is 16.0 Å². The highest BCUT2D eigenvalue weighted by molar-refractivity contribution is 5.92. The van der Waals surface area contributed by atoms with Crippen molar-refractivity contribution < 1.29 is 24.1 Å². The fourth-order valence-electron chi connectivity index (χ4n) is 3.35. The van der Waals surface area contributed by atoms with E-state index in [-0.39, 0.29) is 24.1 Å². The van der Waals surface area contributed by atoms with Crippen LogP contribution >= 0.6 is 0 Å². The minimum Gasteiger partial charge on any atom is -0.465 e. The molecule has 1 unspecified atom stereocenters. The Morgan fingerprint density at radius 1 is 1.22 bits per heavy atom. The van der Waals surface area contributed by atoms with Crippen LogP contribution < -0.4 is 10.2 Å². The molecule has 8 heteroatoms. The summed E-state index contributed by atoms with van der Waals surface area (Å²) in [5.41, 5.74) is 2.42. The van der Waals surface area contributed by atoms with E-state index in [9.17, 15) is 19.7 Å².